The van der Waals surface area contributed by atoms with Gasteiger partial charge in [0.25, 0.3) is 0 Å². The van der Waals surface area contributed by atoms with Gasteiger partial charge in [-0.15, -0.1) is 0 Å². The van der Waals surface area contributed by atoms with Crippen molar-refractivity contribution in [2.45, 2.75) is 19.4 Å². The predicted molar refractivity (Wildman–Crippen MR) is 78.3 cm³/mol. The van der Waals surface area contributed by atoms with Crippen LogP contribution in [0, 0.1) is 5.41 Å². The highest BCUT2D eigenvalue weighted by Gasteiger charge is 2.26. The van der Waals surface area contributed by atoms with Gasteiger partial charge in [0.2, 0.25) is 5.96 Å². The summed E-state index contributed by atoms with van der Waals surface area (Å²) in [4.78, 5) is 0. The first kappa shape index (κ1) is 11.7. The van der Waals surface area contributed by atoms with Gasteiger partial charge < -0.3 is 5.73 Å². The molecule has 3 rings (SSSR count). The van der Waals surface area contributed by atoms with E-state index in [0.717, 1.165) is 17.7 Å². The molecule has 4 heteroatoms. The first-order valence-electron chi connectivity index (χ1n) is 6.35. The van der Waals surface area contributed by atoms with Gasteiger partial charge in [-0.05, 0) is 17.7 Å². The van der Waals surface area contributed by atoms with Crippen LogP contribution in [0.2, 0.25) is 0 Å². The topological polar surface area (TPSA) is 65.5 Å². The van der Waals surface area contributed by atoms with E-state index >= 15 is 0 Å². The summed E-state index contributed by atoms with van der Waals surface area (Å²) < 4.78 is 0. The smallest absolute Gasteiger partial charge is 0.209 e. The number of nitrogens with two attached hydrogens (primary N) is 1. The Hall–Kier alpha value is -2.36. The van der Waals surface area contributed by atoms with Gasteiger partial charge in [-0.3, -0.25) is 5.41 Å². The SMILES string of the molecule is CC1CC(c2cccc3ccccc23)=NN1C(=N)N. The van der Waals surface area contributed by atoms with Crippen LogP contribution >= 0.6 is 0 Å². The van der Waals surface area contributed by atoms with E-state index in [1.165, 1.54) is 10.8 Å². The third-order valence-electron chi connectivity index (χ3n) is 3.48. The van der Waals surface area contributed by atoms with Gasteiger partial charge in [-0.1, -0.05) is 42.5 Å². The molecule has 0 bridgehead atoms. The monoisotopic (exact) mass is 252 g/mol. The van der Waals surface area contributed by atoms with Crippen molar-refractivity contribution < 1.29 is 0 Å². The largest absolute Gasteiger partial charge is 0.369 e. The zero-order chi connectivity index (χ0) is 13.4. The van der Waals surface area contributed by atoms with Crippen LogP contribution in [0.4, 0.5) is 0 Å². The second-order valence-corrected chi connectivity index (χ2v) is 4.86. The summed E-state index contributed by atoms with van der Waals surface area (Å²) in [6.07, 6.45) is 0.813. The number of fused-ring (bicyclic) bond motifs is 1. The maximum Gasteiger partial charge on any atom is 0.209 e. The highest BCUT2D eigenvalue weighted by Crippen LogP contribution is 2.25. The van der Waals surface area contributed by atoms with E-state index in [4.69, 9.17) is 11.1 Å². The molecule has 19 heavy (non-hydrogen) atoms. The van der Waals surface area contributed by atoms with Crippen molar-refractivity contribution in [2.24, 2.45) is 10.8 Å². The van der Waals surface area contributed by atoms with Crippen molar-refractivity contribution in [3.05, 3.63) is 48.0 Å². The van der Waals surface area contributed by atoms with E-state index in [1.54, 1.807) is 5.01 Å². The Morgan fingerprint density at radius 3 is 2.74 bits per heavy atom. The molecule has 2 aromatic carbocycles. The average Bonchev–Trinajstić information content (AvgIpc) is 2.80. The molecule has 3 N–H and O–H groups in total. The molecule has 0 amide bonds. The van der Waals surface area contributed by atoms with Crippen LogP contribution in [0.3, 0.4) is 0 Å². The molecule has 4 nitrogen and oxygen atoms in total. The summed E-state index contributed by atoms with van der Waals surface area (Å²) in [5, 5.41) is 16.0. The van der Waals surface area contributed by atoms with E-state index in [1.807, 2.05) is 25.1 Å². The summed E-state index contributed by atoms with van der Waals surface area (Å²) >= 11 is 0. The first-order chi connectivity index (χ1) is 9.16. The van der Waals surface area contributed by atoms with Crippen molar-refractivity contribution in [3.8, 4) is 0 Å². The number of rotatable bonds is 1. The molecule has 0 aliphatic carbocycles. The van der Waals surface area contributed by atoms with Crippen LogP contribution in [0.15, 0.2) is 47.6 Å². The fourth-order valence-electron chi connectivity index (χ4n) is 2.57. The van der Waals surface area contributed by atoms with Crippen molar-refractivity contribution >= 4 is 22.4 Å². The van der Waals surface area contributed by atoms with Gasteiger partial charge in [0.05, 0.1) is 11.8 Å². The normalized spacial score (nSPS) is 18.7. The Labute approximate surface area is 112 Å². The van der Waals surface area contributed by atoms with Crippen molar-refractivity contribution in [3.63, 3.8) is 0 Å². The van der Waals surface area contributed by atoms with Crippen LogP contribution < -0.4 is 5.73 Å². The average molecular weight is 252 g/mol. The molecule has 0 saturated heterocycles. The minimum absolute atomic E-state index is 0.00253. The fourth-order valence-corrected chi connectivity index (χ4v) is 2.57. The summed E-state index contributed by atoms with van der Waals surface area (Å²) in [6, 6.07) is 14.6. The van der Waals surface area contributed by atoms with E-state index in [-0.39, 0.29) is 12.0 Å². The molecule has 0 fully saturated rings. The number of hydrazone groups is 1. The molecular formula is C15H16N4. The summed E-state index contributed by atoms with van der Waals surface area (Å²) in [7, 11) is 0. The van der Waals surface area contributed by atoms with Crippen LogP contribution in [-0.4, -0.2) is 22.7 Å². The molecule has 1 atom stereocenters. The molecule has 1 aliphatic rings. The third kappa shape index (κ3) is 1.95. The number of nitrogens with one attached hydrogen (secondary N) is 1. The molecule has 1 unspecified atom stereocenters. The molecule has 0 aromatic heterocycles. The van der Waals surface area contributed by atoms with E-state index < -0.39 is 0 Å². The maximum absolute atomic E-state index is 7.53. The Morgan fingerprint density at radius 1 is 1.26 bits per heavy atom. The molecule has 96 valence electrons. The number of guanidine groups is 1. The molecule has 0 spiro atoms. The van der Waals surface area contributed by atoms with Crippen LogP contribution in [0.1, 0.15) is 18.9 Å². The minimum Gasteiger partial charge on any atom is -0.369 e. The van der Waals surface area contributed by atoms with Crippen LogP contribution in [0.5, 0.6) is 0 Å². The van der Waals surface area contributed by atoms with Gasteiger partial charge in [-0.2, -0.15) is 5.10 Å². The van der Waals surface area contributed by atoms with Gasteiger partial charge >= 0.3 is 0 Å². The van der Waals surface area contributed by atoms with Crippen molar-refractivity contribution in [2.75, 3.05) is 0 Å². The Morgan fingerprint density at radius 2 is 2.00 bits per heavy atom. The third-order valence-corrected chi connectivity index (χ3v) is 3.48. The summed E-state index contributed by atoms with van der Waals surface area (Å²) in [6.45, 7) is 2.03. The van der Waals surface area contributed by atoms with Crippen molar-refractivity contribution in [1.29, 1.82) is 5.41 Å². The maximum atomic E-state index is 7.53. The zero-order valence-electron chi connectivity index (χ0n) is 10.8. The minimum atomic E-state index is 0.00253. The lowest BCUT2D eigenvalue weighted by atomic mass is 9.98. The second kappa shape index (κ2) is 4.39. The highest BCUT2D eigenvalue weighted by molar-refractivity contribution is 6.12. The molecule has 0 radical (unpaired) electrons. The quantitative estimate of drug-likeness (QED) is 0.605. The summed E-state index contributed by atoms with van der Waals surface area (Å²) in [5.41, 5.74) is 7.68. The zero-order valence-corrected chi connectivity index (χ0v) is 10.8. The lowest BCUT2D eigenvalue weighted by molar-refractivity contribution is 0.378. The highest BCUT2D eigenvalue weighted by atomic mass is 15.5. The number of nitrogens with zero attached hydrogens (tertiary/aromatic N) is 2. The lowest BCUT2D eigenvalue weighted by Crippen LogP contribution is -2.35. The van der Waals surface area contributed by atoms with Gasteiger partial charge in [0.1, 0.15) is 0 Å². The van der Waals surface area contributed by atoms with E-state index in [2.05, 4.69) is 29.4 Å². The van der Waals surface area contributed by atoms with E-state index in [0.29, 0.717) is 0 Å². The molecule has 1 heterocycles. The predicted octanol–water partition coefficient (Wildman–Crippen LogP) is 2.53. The first-order valence-corrected chi connectivity index (χ1v) is 6.35. The number of hydrogen-bond acceptors (Lipinski definition) is 2. The molecular weight excluding hydrogens is 236 g/mol. The Balaban J connectivity index is 2.11. The lowest BCUT2D eigenvalue weighted by Gasteiger charge is -2.16. The molecule has 1 aliphatic heterocycles. The number of benzene rings is 2. The standard InChI is InChI=1S/C15H16N4/c1-10-9-14(18-19(10)15(16)17)13-8-4-6-11-5-2-3-7-12(11)13/h2-8,10H,9H2,1H3,(H3,16,17). The van der Waals surface area contributed by atoms with Crippen LogP contribution in [-0.2, 0) is 0 Å². The number of hydrogen-bond donors (Lipinski definition) is 2. The summed E-state index contributed by atoms with van der Waals surface area (Å²) in [5.74, 6) is 0.00253. The van der Waals surface area contributed by atoms with Gasteiger partial charge in [0, 0.05) is 12.0 Å². The molecule has 0 saturated carbocycles. The molecule has 2 aromatic rings. The Kier molecular flexibility index (Phi) is 2.71. The van der Waals surface area contributed by atoms with Gasteiger partial charge in [0.15, 0.2) is 0 Å². The van der Waals surface area contributed by atoms with Crippen LogP contribution in [0.25, 0.3) is 10.8 Å². The van der Waals surface area contributed by atoms with Gasteiger partial charge in [-0.25, -0.2) is 5.01 Å². The Bertz CT molecular complexity index is 669. The fraction of sp³-hybridized carbons (Fsp3) is 0.200. The second-order valence-electron chi connectivity index (χ2n) is 4.86. The van der Waals surface area contributed by atoms with E-state index in [9.17, 15) is 0 Å². The van der Waals surface area contributed by atoms with Crippen molar-refractivity contribution in [1.82, 2.24) is 5.01 Å².